The molecule has 2 amide bonds. The zero-order chi connectivity index (χ0) is 30.6. The van der Waals surface area contributed by atoms with Crippen molar-refractivity contribution in [1.82, 2.24) is 5.32 Å². The van der Waals surface area contributed by atoms with Gasteiger partial charge in [0, 0.05) is 19.8 Å². The predicted molar refractivity (Wildman–Crippen MR) is 155 cm³/mol. The Morgan fingerprint density at radius 3 is 2.49 bits per heavy atom. The molecule has 3 aliphatic heterocycles. The summed E-state index contributed by atoms with van der Waals surface area (Å²) < 4.78 is 21.8. The van der Waals surface area contributed by atoms with Gasteiger partial charge in [0.05, 0.1) is 38.1 Å². The predicted octanol–water partition coefficient (Wildman–Crippen LogP) is 2.51. The molecule has 0 aromatic rings. The first-order valence-corrected chi connectivity index (χ1v) is 14.2. The molecule has 3 aliphatic rings. The molecular formula is C30H47N3O8. The second kappa shape index (κ2) is 16.5. The Kier molecular flexibility index (Phi) is 13.9. The molecule has 0 aromatic carbocycles. The van der Waals surface area contributed by atoms with E-state index in [2.05, 4.69) is 35.0 Å². The molecule has 8 atom stereocenters. The maximum Gasteiger partial charge on any atom is 0.292 e. The first-order valence-electron chi connectivity index (χ1n) is 14.2. The minimum absolute atomic E-state index is 0.0498. The maximum absolute atomic E-state index is 12.3. The van der Waals surface area contributed by atoms with Crippen LogP contribution in [0.1, 0.15) is 66.7 Å². The number of hydrogen-bond donors (Lipinski definition) is 3. The van der Waals surface area contributed by atoms with Gasteiger partial charge in [0.2, 0.25) is 11.8 Å². The van der Waals surface area contributed by atoms with Crippen LogP contribution in [-0.2, 0) is 33.3 Å². The lowest BCUT2D eigenvalue weighted by Gasteiger charge is -2.39. The fraction of sp³-hybridized carbons (Fsp3) is 0.667. The lowest BCUT2D eigenvalue weighted by atomic mass is 9.87. The van der Waals surface area contributed by atoms with Gasteiger partial charge in [0.1, 0.15) is 23.6 Å². The van der Waals surface area contributed by atoms with Crippen molar-refractivity contribution in [1.29, 1.82) is 0 Å². The van der Waals surface area contributed by atoms with Gasteiger partial charge in [-0.25, -0.2) is 4.99 Å². The largest absolute Gasteiger partial charge is 0.471 e. The summed E-state index contributed by atoms with van der Waals surface area (Å²) in [4.78, 5) is 35.8. The van der Waals surface area contributed by atoms with Crippen LogP contribution in [0.3, 0.4) is 0 Å². The number of aliphatic hydroxyl groups excluding tert-OH is 1. The summed E-state index contributed by atoms with van der Waals surface area (Å²) in [5.41, 5.74) is 6.29. The second-order valence-corrected chi connectivity index (χ2v) is 10.9. The number of ether oxygens (including phenoxy) is 4. The van der Waals surface area contributed by atoms with Gasteiger partial charge in [0.15, 0.2) is 0 Å². The van der Waals surface area contributed by atoms with Crippen LogP contribution in [0.25, 0.3) is 0 Å². The zero-order valence-electron chi connectivity index (χ0n) is 25.1. The molecule has 11 heteroatoms. The van der Waals surface area contributed by atoms with Crippen molar-refractivity contribution in [3.8, 4) is 0 Å². The van der Waals surface area contributed by atoms with Crippen molar-refractivity contribution in [3.63, 3.8) is 0 Å². The van der Waals surface area contributed by atoms with E-state index in [9.17, 15) is 14.7 Å². The highest BCUT2D eigenvalue weighted by atomic mass is 16.6. The number of aliphatic imine (C=N–C) groups is 1. The number of nitrogens with one attached hydrogen (secondary N) is 1. The average molecular weight is 578 g/mol. The maximum atomic E-state index is 12.3. The van der Waals surface area contributed by atoms with Crippen LogP contribution in [-0.4, -0.2) is 85.1 Å². The van der Waals surface area contributed by atoms with E-state index in [1.54, 1.807) is 6.08 Å². The summed E-state index contributed by atoms with van der Waals surface area (Å²) in [6.45, 7) is 10.5. The molecule has 0 bridgehead atoms. The molecule has 4 N–H and O–H groups in total. The number of aliphatic hydroxyl groups is 1. The van der Waals surface area contributed by atoms with Crippen LogP contribution >= 0.6 is 0 Å². The van der Waals surface area contributed by atoms with Gasteiger partial charge in [-0.15, -0.1) is 0 Å². The molecule has 41 heavy (non-hydrogen) atoms. The summed E-state index contributed by atoms with van der Waals surface area (Å²) in [5.74, 6) is -0.151. The number of methoxy groups -OCH3 is 1. The topological polar surface area (TPSA) is 162 Å². The molecule has 0 aliphatic carbocycles. The van der Waals surface area contributed by atoms with Gasteiger partial charge < -0.3 is 35.1 Å². The van der Waals surface area contributed by atoms with Crippen molar-refractivity contribution in [2.24, 2.45) is 16.6 Å². The highest BCUT2D eigenvalue weighted by Gasteiger charge is 2.57. The lowest BCUT2D eigenvalue weighted by molar-refractivity contribution is -0.133. The van der Waals surface area contributed by atoms with Crippen molar-refractivity contribution < 1.29 is 38.4 Å². The number of allylic oxidation sites excluding steroid dienone is 2. The van der Waals surface area contributed by atoms with Crippen molar-refractivity contribution in [2.45, 2.75) is 109 Å². The Balaban J connectivity index is 0.00000138. The Hall–Kier alpha value is -2.86. The van der Waals surface area contributed by atoms with E-state index in [4.69, 9.17) is 24.7 Å². The number of epoxide rings is 1. The number of amidine groups is 1. The lowest BCUT2D eigenvalue weighted by Crippen LogP contribution is -2.50. The molecule has 3 heterocycles. The molecule has 0 aromatic heterocycles. The van der Waals surface area contributed by atoms with E-state index in [0.29, 0.717) is 13.1 Å². The Morgan fingerprint density at radius 2 is 1.90 bits per heavy atom. The normalized spacial score (nSPS) is 33.8. The molecule has 3 saturated heterocycles. The van der Waals surface area contributed by atoms with Gasteiger partial charge in [-0.1, -0.05) is 43.7 Å². The van der Waals surface area contributed by atoms with Crippen LogP contribution < -0.4 is 11.1 Å². The number of nitrogens with two attached hydrogens (primary N) is 1. The van der Waals surface area contributed by atoms with Crippen LogP contribution in [0, 0.1) is 5.92 Å². The molecule has 1 spiro atoms. The molecule has 6 unspecified atom stereocenters. The Morgan fingerprint density at radius 1 is 1.22 bits per heavy atom. The van der Waals surface area contributed by atoms with E-state index in [0.717, 1.165) is 31.3 Å². The summed E-state index contributed by atoms with van der Waals surface area (Å²) in [5, 5.41) is 13.7. The van der Waals surface area contributed by atoms with Gasteiger partial charge in [-0.3, -0.25) is 14.4 Å². The summed E-state index contributed by atoms with van der Waals surface area (Å²) in [6.07, 6.45) is 11.6. The van der Waals surface area contributed by atoms with E-state index in [-0.39, 0.29) is 60.4 Å². The minimum Gasteiger partial charge on any atom is -0.471 e. The van der Waals surface area contributed by atoms with Gasteiger partial charge in [-0.2, -0.15) is 0 Å². The number of hydrogen-bond acceptors (Lipinski definition) is 8. The third-order valence-corrected chi connectivity index (χ3v) is 7.50. The number of carbonyl (C=O) groups excluding carboxylic acids is 3. The number of amides is 2. The third-order valence-electron chi connectivity index (χ3n) is 7.50. The summed E-state index contributed by atoms with van der Waals surface area (Å²) in [6, 6.07) is -0.0926. The molecule has 230 valence electrons. The number of rotatable bonds is 10. The second-order valence-electron chi connectivity index (χ2n) is 10.9. The fourth-order valence-corrected chi connectivity index (χ4v) is 5.02. The molecule has 11 nitrogen and oxygen atoms in total. The summed E-state index contributed by atoms with van der Waals surface area (Å²) >= 11 is 0. The molecule has 3 rings (SSSR count). The highest BCUT2D eigenvalue weighted by molar-refractivity contribution is 5.94. The van der Waals surface area contributed by atoms with E-state index in [1.807, 2.05) is 26.0 Å². The molecular weight excluding hydrogens is 530 g/mol. The highest BCUT2D eigenvalue weighted by Crippen LogP contribution is 2.43. The van der Waals surface area contributed by atoms with Gasteiger partial charge in [0.25, 0.3) is 6.47 Å². The zero-order valence-corrected chi connectivity index (χ0v) is 25.1. The average Bonchev–Trinajstić information content (AvgIpc) is 3.70. The monoisotopic (exact) mass is 577 g/mol. The SMILES string of the molecule is CC[C@@H]1CC2(CO2)[C@H](O)C(/C=C/C(C)=C/CC2OC(C)C(NC(=O)/C=C\CC(N)=NC(C)=O)CC2C)O1.COC=O. The third kappa shape index (κ3) is 11.1. The van der Waals surface area contributed by atoms with Gasteiger partial charge >= 0.3 is 0 Å². The Labute approximate surface area is 243 Å². The standard InChI is InChI=1S/C28H43N3O6.C2H4O2/c1-6-21-15-28(16-35-28)27(34)24(37-21)13-11-17(2)10-12-23-18(3)14-22(19(4)36-23)31-26(33)9-7-8-25(29)30-20(5)32;1-4-2-3/h7,9-11,13,18-19,21-24,27,34H,6,8,12,14-16H2,1-5H3,(H,31,33)(H2,29,30,32);2H,1H3/b9-7-,13-11+,17-10+;/t18?,19?,21-,22?,23?,24?,27-,28?;/m1./s1. The molecule has 0 radical (unpaired) electrons. The van der Waals surface area contributed by atoms with E-state index >= 15 is 0 Å². The first-order chi connectivity index (χ1) is 19.4. The van der Waals surface area contributed by atoms with Crippen LogP contribution in [0.15, 0.2) is 40.9 Å². The van der Waals surface area contributed by atoms with Crippen molar-refractivity contribution in [2.75, 3.05) is 13.7 Å². The minimum atomic E-state index is -0.644. The Bertz CT molecular complexity index is 1000. The quantitative estimate of drug-likeness (QED) is 0.0884. The molecule has 0 saturated carbocycles. The van der Waals surface area contributed by atoms with Crippen molar-refractivity contribution >= 4 is 24.1 Å². The summed E-state index contributed by atoms with van der Waals surface area (Å²) in [7, 11) is 1.31. The number of nitrogens with zero attached hydrogens (tertiary/aromatic N) is 1. The fourth-order valence-electron chi connectivity index (χ4n) is 5.02. The van der Waals surface area contributed by atoms with Crippen molar-refractivity contribution in [3.05, 3.63) is 36.0 Å². The van der Waals surface area contributed by atoms with E-state index in [1.165, 1.54) is 20.1 Å². The van der Waals surface area contributed by atoms with E-state index < -0.39 is 11.7 Å². The van der Waals surface area contributed by atoms with Crippen LogP contribution in [0.5, 0.6) is 0 Å². The first kappa shape index (κ1) is 34.3. The van der Waals surface area contributed by atoms with Crippen LogP contribution in [0.4, 0.5) is 0 Å². The van der Waals surface area contributed by atoms with Crippen LogP contribution in [0.2, 0.25) is 0 Å². The smallest absolute Gasteiger partial charge is 0.292 e. The van der Waals surface area contributed by atoms with Gasteiger partial charge in [-0.05, 0) is 45.1 Å². The molecule has 3 fully saturated rings. The number of carbonyl (C=O) groups is 3.